The zero-order valence-corrected chi connectivity index (χ0v) is 12.0. The highest BCUT2D eigenvalue weighted by Crippen LogP contribution is 2.41. The van der Waals surface area contributed by atoms with Crippen molar-refractivity contribution in [2.45, 2.75) is 6.18 Å². The van der Waals surface area contributed by atoms with E-state index in [4.69, 9.17) is 21.4 Å². The van der Waals surface area contributed by atoms with Gasteiger partial charge in [-0.25, -0.2) is 4.79 Å². The number of halogens is 4. The van der Waals surface area contributed by atoms with Gasteiger partial charge in [-0.15, -0.1) is 0 Å². The molecule has 3 nitrogen and oxygen atoms in total. The molecule has 2 aromatic carbocycles. The highest BCUT2D eigenvalue weighted by atomic mass is 35.5. The second-order valence-corrected chi connectivity index (χ2v) is 4.79. The third kappa shape index (κ3) is 3.01. The Morgan fingerprint density at radius 1 is 1.18 bits per heavy atom. The Balaban J connectivity index is 2.72. The van der Waals surface area contributed by atoms with E-state index in [0.717, 1.165) is 12.1 Å². The van der Waals surface area contributed by atoms with E-state index in [1.165, 1.54) is 31.4 Å². The molecular weight excluding hydrogens is 321 g/mol. The predicted molar refractivity (Wildman–Crippen MR) is 75.4 cm³/mol. The summed E-state index contributed by atoms with van der Waals surface area (Å²) in [4.78, 5) is 11.1. The van der Waals surface area contributed by atoms with Crippen LogP contribution in [0.1, 0.15) is 15.9 Å². The van der Waals surface area contributed by atoms with Gasteiger partial charge in [0.25, 0.3) is 0 Å². The van der Waals surface area contributed by atoms with Crippen LogP contribution in [0, 0.1) is 0 Å². The van der Waals surface area contributed by atoms with Crippen molar-refractivity contribution in [3.8, 4) is 16.9 Å². The number of alkyl halides is 3. The van der Waals surface area contributed by atoms with Gasteiger partial charge < -0.3 is 9.84 Å². The molecular formula is C15H10ClF3O3. The summed E-state index contributed by atoms with van der Waals surface area (Å²) in [7, 11) is 1.23. The molecule has 7 heteroatoms. The van der Waals surface area contributed by atoms with E-state index >= 15 is 0 Å². The molecule has 1 N–H and O–H groups in total. The minimum Gasteiger partial charge on any atom is -0.496 e. The molecule has 2 rings (SSSR count). The molecule has 0 fully saturated rings. The van der Waals surface area contributed by atoms with Crippen LogP contribution in [0.15, 0.2) is 36.4 Å². The molecule has 0 radical (unpaired) electrons. The largest absolute Gasteiger partial charge is 0.496 e. The topological polar surface area (TPSA) is 46.5 Å². The summed E-state index contributed by atoms with van der Waals surface area (Å²) >= 11 is 5.97. The van der Waals surface area contributed by atoms with Crippen LogP contribution in [0.2, 0.25) is 5.02 Å². The molecule has 0 bridgehead atoms. The zero-order valence-electron chi connectivity index (χ0n) is 11.2. The van der Waals surface area contributed by atoms with E-state index in [1.807, 2.05) is 0 Å². The highest BCUT2D eigenvalue weighted by molar-refractivity contribution is 6.33. The van der Waals surface area contributed by atoms with Gasteiger partial charge in [-0.2, -0.15) is 13.2 Å². The quantitative estimate of drug-likeness (QED) is 0.884. The van der Waals surface area contributed by atoms with E-state index in [1.54, 1.807) is 0 Å². The first-order valence-electron chi connectivity index (χ1n) is 6.03. The maximum absolute atomic E-state index is 13.1. The van der Waals surface area contributed by atoms with Crippen molar-refractivity contribution in [3.05, 3.63) is 52.5 Å². The van der Waals surface area contributed by atoms with Crippen LogP contribution < -0.4 is 4.74 Å². The molecule has 0 saturated carbocycles. The summed E-state index contributed by atoms with van der Waals surface area (Å²) in [5, 5.41) is 8.95. The summed E-state index contributed by atoms with van der Waals surface area (Å²) in [5.74, 6) is -1.35. The maximum Gasteiger partial charge on any atom is 0.417 e. The zero-order chi connectivity index (χ0) is 16.5. The fourth-order valence-corrected chi connectivity index (χ4v) is 2.33. The number of methoxy groups -OCH3 is 1. The lowest BCUT2D eigenvalue weighted by atomic mass is 9.97. The molecule has 0 aliphatic heterocycles. The Morgan fingerprint density at radius 3 is 2.36 bits per heavy atom. The van der Waals surface area contributed by atoms with Crippen LogP contribution in [-0.2, 0) is 6.18 Å². The van der Waals surface area contributed by atoms with Crippen LogP contribution in [0.3, 0.4) is 0 Å². The summed E-state index contributed by atoms with van der Waals surface area (Å²) in [6.45, 7) is 0. The Morgan fingerprint density at radius 2 is 1.82 bits per heavy atom. The third-order valence-electron chi connectivity index (χ3n) is 3.04. The van der Waals surface area contributed by atoms with Crippen molar-refractivity contribution in [2.24, 2.45) is 0 Å². The van der Waals surface area contributed by atoms with E-state index < -0.39 is 17.7 Å². The standard InChI is InChI=1S/C15H10ClF3O3/c1-22-13-7-9(12(16)6-10(13)14(20)21)8-4-2-3-5-11(8)15(17,18)19/h2-7H,1H3,(H,20,21). The average Bonchev–Trinajstić information content (AvgIpc) is 2.46. The van der Waals surface area contributed by atoms with Gasteiger partial charge in [-0.05, 0) is 23.8 Å². The number of benzene rings is 2. The van der Waals surface area contributed by atoms with Crippen LogP contribution in [0.25, 0.3) is 11.1 Å². The number of ether oxygens (including phenoxy) is 1. The summed E-state index contributed by atoms with van der Waals surface area (Å²) in [6, 6.07) is 7.18. The van der Waals surface area contributed by atoms with Crippen LogP contribution in [0.5, 0.6) is 5.75 Å². The third-order valence-corrected chi connectivity index (χ3v) is 3.35. The molecule has 22 heavy (non-hydrogen) atoms. The number of aromatic carboxylic acids is 1. The number of carboxylic acid groups (broad SMARTS) is 1. The van der Waals surface area contributed by atoms with Crippen molar-refractivity contribution in [2.75, 3.05) is 7.11 Å². The van der Waals surface area contributed by atoms with Crippen LogP contribution in [0.4, 0.5) is 13.2 Å². The minimum atomic E-state index is -4.56. The van der Waals surface area contributed by atoms with Gasteiger partial charge in [-0.1, -0.05) is 29.8 Å². The molecule has 0 amide bonds. The molecule has 0 aromatic heterocycles. The summed E-state index contributed by atoms with van der Waals surface area (Å²) in [5.41, 5.74) is -1.17. The van der Waals surface area contributed by atoms with Crippen molar-refractivity contribution < 1.29 is 27.8 Å². The lowest BCUT2D eigenvalue weighted by molar-refractivity contribution is -0.137. The molecule has 0 spiro atoms. The first kappa shape index (κ1) is 16.2. The van der Waals surface area contributed by atoms with E-state index in [2.05, 4.69) is 0 Å². The van der Waals surface area contributed by atoms with Crippen LogP contribution >= 0.6 is 11.6 Å². The molecule has 116 valence electrons. The van der Waals surface area contributed by atoms with Crippen molar-refractivity contribution >= 4 is 17.6 Å². The maximum atomic E-state index is 13.1. The molecule has 0 atom stereocenters. The van der Waals surface area contributed by atoms with Gasteiger partial charge in [0.1, 0.15) is 11.3 Å². The van der Waals surface area contributed by atoms with Crippen molar-refractivity contribution in [3.63, 3.8) is 0 Å². The van der Waals surface area contributed by atoms with Crippen LogP contribution in [-0.4, -0.2) is 18.2 Å². The average molecular weight is 331 g/mol. The molecule has 0 saturated heterocycles. The Bertz CT molecular complexity index is 726. The van der Waals surface area contributed by atoms with E-state index in [-0.39, 0.29) is 27.5 Å². The Labute approximate surface area is 128 Å². The lowest BCUT2D eigenvalue weighted by Gasteiger charge is -2.15. The molecule has 0 unspecified atom stereocenters. The number of carbonyl (C=O) groups is 1. The Kier molecular flexibility index (Phi) is 4.32. The van der Waals surface area contributed by atoms with Crippen molar-refractivity contribution in [1.82, 2.24) is 0 Å². The second-order valence-electron chi connectivity index (χ2n) is 4.38. The Hall–Kier alpha value is -2.21. The number of hydrogen-bond donors (Lipinski definition) is 1. The lowest BCUT2D eigenvalue weighted by Crippen LogP contribution is -2.07. The number of hydrogen-bond acceptors (Lipinski definition) is 2. The van der Waals surface area contributed by atoms with Gasteiger partial charge in [0.15, 0.2) is 0 Å². The normalized spacial score (nSPS) is 11.3. The fraction of sp³-hybridized carbons (Fsp3) is 0.133. The summed E-state index contributed by atoms with van der Waals surface area (Å²) < 4.78 is 44.2. The first-order chi connectivity index (χ1) is 10.3. The van der Waals surface area contributed by atoms with Gasteiger partial charge in [0.05, 0.1) is 12.7 Å². The van der Waals surface area contributed by atoms with Gasteiger partial charge in [0, 0.05) is 10.6 Å². The number of carboxylic acids is 1. The molecule has 2 aromatic rings. The second kappa shape index (κ2) is 5.88. The SMILES string of the molecule is COc1cc(-c2ccccc2C(F)(F)F)c(Cl)cc1C(=O)O. The predicted octanol–water partition coefficient (Wildman–Crippen LogP) is 4.73. The summed E-state index contributed by atoms with van der Waals surface area (Å²) in [6.07, 6.45) is -4.56. The first-order valence-corrected chi connectivity index (χ1v) is 6.41. The molecule has 0 heterocycles. The van der Waals surface area contributed by atoms with Gasteiger partial charge >= 0.3 is 12.1 Å². The van der Waals surface area contributed by atoms with Gasteiger partial charge in [0.2, 0.25) is 0 Å². The number of rotatable bonds is 3. The fourth-order valence-electron chi connectivity index (χ4n) is 2.06. The molecule has 0 aliphatic carbocycles. The van der Waals surface area contributed by atoms with Crippen molar-refractivity contribution in [1.29, 1.82) is 0 Å². The monoisotopic (exact) mass is 330 g/mol. The molecule has 0 aliphatic rings. The van der Waals surface area contributed by atoms with Gasteiger partial charge in [-0.3, -0.25) is 0 Å². The van der Waals surface area contributed by atoms with E-state index in [0.29, 0.717) is 0 Å². The van der Waals surface area contributed by atoms with E-state index in [9.17, 15) is 18.0 Å². The minimum absolute atomic E-state index is 0.0523. The smallest absolute Gasteiger partial charge is 0.417 e. The highest BCUT2D eigenvalue weighted by Gasteiger charge is 2.34.